The average molecular weight is 400 g/mol. The number of hydrogen-bond acceptors (Lipinski definition) is 5. The van der Waals surface area contributed by atoms with Crippen LogP contribution in [0.4, 0.5) is 0 Å². The van der Waals surface area contributed by atoms with E-state index < -0.39 is 0 Å². The summed E-state index contributed by atoms with van der Waals surface area (Å²) in [5, 5.41) is 9.58. The molecule has 4 aliphatic rings. The molecule has 0 amide bonds. The van der Waals surface area contributed by atoms with Crippen LogP contribution in [-0.4, -0.2) is 54.0 Å². The first-order chi connectivity index (χ1) is 14.0. The van der Waals surface area contributed by atoms with Gasteiger partial charge in [0.1, 0.15) is 6.10 Å². The zero-order valence-corrected chi connectivity index (χ0v) is 17.4. The SMILES string of the molecule is CC12CCCC3(CO3)C1CC1C(C2)OC(=O)C1CN(CCO)Cc1ccccc1. The third-order valence-electron chi connectivity index (χ3n) is 8.20. The van der Waals surface area contributed by atoms with Gasteiger partial charge in [0.15, 0.2) is 0 Å². The number of aliphatic hydroxyl groups is 1. The summed E-state index contributed by atoms with van der Waals surface area (Å²) >= 11 is 0. The van der Waals surface area contributed by atoms with Gasteiger partial charge in [0.2, 0.25) is 0 Å². The van der Waals surface area contributed by atoms with Gasteiger partial charge in [-0.3, -0.25) is 9.69 Å². The van der Waals surface area contributed by atoms with Gasteiger partial charge in [-0.1, -0.05) is 37.3 Å². The van der Waals surface area contributed by atoms with E-state index in [-0.39, 0.29) is 41.5 Å². The van der Waals surface area contributed by atoms with Crippen LogP contribution in [0.25, 0.3) is 0 Å². The second kappa shape index (κ2) is 7.36. The van der Waals surface area contributed by atoms with Crippen LogP contribution in [0, 0.1) is 23.2 Å². The molecule has 1 spiro atoms. The number of nitrogens with zero attached hydrogens (tertiary/aromatic N) is 1. The van der Waals surface area contributed by atoms with Gasteiger partial charge in [-0.15, -0.1) is 0 Å². The summed E-state index contributed by atoms with van der Waals surface area (Å²) < 4.78 is 12.0. The van der Waals surface area contributed by atoms with Crippen molar-refractivity contribution in [3.63, 3.8) is 0 Å². The van der Waals surface area contributed by atoms with Crippen LogP contribution < -0.4 is 0 Å². The van der Waals surface area contributed by atoms with Gasteiger partial charge in [0, 0.05) is 25.6 Å². The summed E-state index contributed by atoms with van der Waals surface area (Å²) in [6, 6.07) is 10.3. The van der Waals surface area contributed by atoms with Crippen LogP contribution in [0.1, 0.15) is 44.6 Å². The van der Waals surface area contributed by atoms with Crippen molar-refractivity contribution >= 4 is 5.97 Å². The maximum atomic E-state index is 12.9. The number of ether oxygens (including phenoxy) is 2. The highest BCUT2D eigenvalue weighted by Gasteiger charge is 2.65. The highest BCUT2D eigenvalue weighted by Crippen LogP contribution is 2.62. The van der Waals surface area contributed by atoms with Crippen LogP contribution in [0.3, 0.4) is 0 Å². The molecule has 5 heteroatoms. The molecule has 0 radical (unpaired) electrons. The zero-order valence-electron chi connectivity index (χ0n) is 17.4. The fourth-order valence-electron chi connectivity index (χ4n) is 6.66. The quantitative estimate of drug-likeness (QED) is 0.589. The number of fused-ring (bicyclic) bond motifs is 3. The lowest BCUT2D eigenvalue weighted by atomic mass is 9.53. The summed E-state index contributed by atoms with van der Waals surface area (Å²) in [4.78, 5) is 15.1. The predicted octanol–water partition coefficient (Wildman–Crippen LogP) is 3.01. The first kappa shape index (κ1) is 19.5. The minimum absolute atomic E-state index is 0.0380. The third kappa shape index (κ3) is 3.51. The van der Waals surface area contributed by atoms with Crippen LogP contribution in [0.5, 0.6) is 0 Å². The Morgan fingerprint density at radius 2 is 2.03 bits per heavy atom. The first-order valence-electron chi connectivity index (χ1n) is 11.2. The summed E-state index contributed by atoms with van der Waals surface area (Å²) in [5.74, 6) is 0.681. The van der Waals surface area contributed by atoms with Crippen molar-refractivity contribution in [1.82, 2.24) is 4.90 Å². The standard InChI is InChI=1S/C24H33NO4/c1-23-8-5-9-24(16-28-24)21(23)12-18-19(22(27)29-20(18)13-23)15-25(10-11-26)14-17-6-3-2-4-7-17/h2-4,6-7,18-21,26H,5,8-16H2,1H3. The maximum absolute atomic E-state index is 12.9. The monoisotopic (exact) mass is 399 g/mol. The van der Waals surface area contributed by atoms with Crippen LogP contribution in [-0.2, 0) is 20.8 Å². The molecule has 1 N–H and O–H groups in total. The molecule has 2 heterocycles. The van der Waals surface area contributed by atoms with Gasteiger partial charge >= 0.3 is 5.97 Å². The first-order valence-corrected chi connectivity index (χ1v) is 11.2. The van der Waals surface area contributed by atoms with E-state index in [1.54, 1.807) is 0 Å². The van der Waals surface area contributed by atoms with E-state index in [2.05, 4.69) is 24.0 Å². The lowest BCUT2D eigenvalue weighted by molar-refractivity contribution is -0.147. The summed E-state index contributed by atoms with van der Waals surface area (Å²) in [6.07, 6.45) is 5.69. The Bertz CT molecular complexity index is 749. The van der Waals surface area contributed by atoms with Gasteiger partial charge in [0.05, 0.1) is 24.7 Å². The Kier molecular flexibility index (Phi) is 4.96. The Labute approximate surface area is 173 Å². The molecule has 158 valence electrons. The van der Waals surface area contributed by atoms with Crippen LogP contribution >= 0.6 is 0 Å². The van der Waals surface area contributed by atoms with E-state index in [1.165, 1.54) is 24.8 Å². The summed E-state index contributed by atoms with van der Waals surface area (Å²) in [5.41, 5.74) is 1.53. The minimum atomic E-state index is -0.0995. The molecule has 2 saturated heterocycles. The van der Waals surface area contributed by atoms with E-state index >= 15 is 0 Å². The Morgan fingerprint density at radius 3 is 2.76 bits per heavy atom. The lowest BCUT2D eigenvalue weighted by Gasteiger charge is -2.51. The van der Waals surface area contributed by atoms with Crippen molar-refractivity contribution in [3.05, 3.63) is 35.9 Å². The van der Waals surface area contributed by atoms with Crippen molar-refractivity contribution in [3.8, 4) is 0 Å². The summed E-state index contributed by atoms with van der Waals surface area (Å²) in [6.45, 7) is 5.37. The minimum Gasteiger partial charge on any atom is -0.462 e. The molecule has 2 aliphatic carbocycles. The van der Waals surface area contributed by atoms with E-state index in [0.717, 1.165) is 26.0 Å². The molecule has 6 unspecified atom stereocenters. The normalized spacial score (nSPS) is 40.6. The molecule has 2 aliphatic heterocycles. The van der Waals surface area contributed by atoms with Crippen molar-refractivity contribution in [2.24, 2.45) is 23.2 Å². The highest BCUT2D eigenvalue weighted by atomic mass is 16.6. The van der Waals surface area contributed by atoms with Crippen molar-refractivity contribution < 1.29 is 19.4 Å². The number of epoxide rings is 1. The topological polar surface area (TPSA) is 62.3 Å². The van der Waals surface area contributed by atoms with Gasteiger partial charge < -0.3 is 14.6 Å². The summed E-state index contributed by atoms with van der Waals surface area (Å²) in [7, 11) is 0. The number of hydrogen-bond donors (Lipinski definition) is 1. The number of carbonyl (C=O) groups excluding carboxylic acids is 1. The van der Waals surface area contributed by atoms with E-state index in [0.29, 0.717) is 19.0 Å². The second-order valence-corrected chi connectivity index (χ2v) is 10.0. The van der Waals surface area contributed by atoms with Gasteiger partial charge in [-0.05, 0) is 49.0 Å². The molecule has 6 atom stereocenters. The Morgan fingerprint density at radius 1 is 1.24 bits per heavy atom. The number of esters is 1. The largest absolute Gasteiger partial charge is 0.462 e. The number of aliphatic hydroxyl groups excluding tert-OH is 1. The predicted molar refractivity (Wildman–Crippen MR) is 109 cm³/mol. The average Bonchev–Trinajstić information content (AvgIpc) is 3.40. The van der Waals surface area contributed by atoms with E-state index in [1.807, 2.05) is 18.2 Å². The number of rotatable bonds is 6. The Hall–Kier alpha value is -1.43. The van der Waals surface area contributed by atoms with Crippen LogP contribution in [0.15, 0.2) is 30.3 Å². The zero-order chi connectivity index (χ0) is 20.1. The fourth-order valence-corrected chi connectivity index (χ4v) is 6.66. The maximum Gasteiger partial charge on any atom is 0.310 e. The van der Waals surface area contributed by atoms with Crippen molar-refractivity contribution in [1.29, 1.82) is 0 Å². The molecular formula is C24H33NO4. The highest BCUT2D eigenvalue weighted by molar-refractivity contribution is 5.75. The van der Waals surface area contributed by atoms with E-state index in [9.17, 15) is 9.90 Å². The Balaban J connectivity index is 1.33. The molecule has 1 aromatic carbocycles. The number of benzene rings is 1. The molecular weight excluding hydrogens is 366 g/mol. The lowest BCUT2D eigenvalue weighted by Crippen LogP contribution is -2.51. The number of carbonyl (C=O) groups is 1. The third-order valence-corrected chi connectivity index (χ3v) is 8.20. The molecule has 4 fully saturated rings. The molecule has 0 aromatic heterocycles. The fraction of sp³-hybridized carbons (Fsp3) is 0.708. The molecule has 29 heavy (non-hydrogen) atoms. The van der Waals surface area contributed by atoms with Gasteiger partial charge in [0.25, 0.3) is 0 Å². The van der Waals surface area contributed by atoms with Crippen molar-refractivity contribution in [2.45, 2.75) is 57.3 Å². The van der Waals surface area contributed by atoms with Crippen LogP contribution in [0.2, 0.25) is 0 Å². The molecule has 2 saturated carbocycles. The second-order valence-electron chi connectivity index (χ2n) is 10.0. The smallest absolute Gasteiger partial charge is 0.310 e. The molecule has 5 rings (SSSR count). The molecule has 0 bridgehead atoms. The van der Waals surface area contributed by atoms with Crippen molar-refractivity contribution in [2.75, 3.05) is 26.3 Å². The van der Waals surface area contributed by atoms with Gasteiger partial charge in [-0.25, -0.2) is 0 Å². The molecule has 1 aromatic rings. The van der Waals surface area contributed by atoms with E-state index in [4.69, 9.17) is 9.47 Å². The van der Waals surface area contributed by atoms with Gasteiger partial charge in [-0.2, -0.15) is 0 Å². The molecule has 5 nitrogen and oxygen atoms in total.